The van der Waals surface area contributed by atoms with Gasteiger partial charge in [-0.2, -0.15) is 0 Å². The van der Waals surface area contributed by atoms with Gasteiger partial charge in [0.2, 0.25) is 5.95 Å². The third-order valence-electron chi connectivity index (χ3n) is 1.84. The van der Waals surface area contributed by atoms with Gasteiger partial charge in [0.25, 0.3) is 0 Å². The molecule has 2 rings (SSSR count). The number of nitrogens with zero attached hydrogens (tertiary/aromatic N) is 3. The van der Waals surface area contributed by atoms with Crippen molar-refractivity contribution in [2.45, 2.75) is 0 Å². The van der Waals surface area contributed by atoms with Crippen molar-refractivity contribution >= 4 is 5.95 Å². The van der Waals surface area contributed by atoms with Gasteiger partial charge in [0, 0.05) is 19.4 Å². The molecule has 2 aromatic heterocycles. The van der Waals surface area contributed by atoms with Crippen LogP contribution in [0.1, 0.15) is 0 Å². The number of pyridine rings is 1. The molecule has 13 heavy (non-hydrogen) atoms. The molecule has 0 aliphatic carbocycles. The Morgan fingerprint density at radius 3 is 2.69 bits per heavy atom. The molecule has 0 fully saturated rings. The lowest BCUT2D eigenvalue weighted by Crippen LogP contribution is -1.94. The van der Waals surface area contributed by atoms with E-state index in [2.05, 4.69) is 9.97 Å². The molecule has 0 unspecified atom stereocenters. The summed E-state index contributed by atoms with van der Waals surface area (Å²) in [6.45, 7) is 0. The lowest BCUT2D eigenvalue weighted by molar-refractivity contribution is 0.930. The van der Waals surface area contributed by atoms with E-state index >= 15 is 0 Å². The Bertz CT molecular complexity index is 385. The third-order valence-corrected chi connectivity index (χ3v) is 1.84. The summed E-state index contributed by atoms with van der Waals surface area (Å²) in [6.07, 6.45) is 3.60. The highest BCUT2D eigenvalue weighted by Gasteiger charge is 2.03. The van der Waals surface area contributed by atoms with Crippen molar-refractivity contribution in [2.75, 3.05) is 5.73 Å². The molecule has 4 heteroatoms. The number of anilines is 1. The summed E-state index contributed by atoms with van der Waals surface area (Å²) in [5.41, 5.74) is 7.25. The van der Waals surface area contributed by atoms with Crippen molar-refractivity contribution in [3.63, 3.8) is 0 Å². The fraction of sp³-hybridized carbons (Fsp3) is 0.111. The van der Waals surface area contributed by atoms with Crippen molar-refractivity contribution in [2.24, 2.45) is 7.05 Å². The van der Waals surface area contributed by atoms with Crippen LogP contribution in [0.15, 0.2) is 30.6 Å². The average Bonchev–Trinajstić information content (AvgIpc) is 2.49. The highest BCUT2D eigenvalue weighted by atomic mass is 15.1. The van der Waals surface area contributed by atoms with Crippen LogP contribution in [0.5, 0.6) is 0 Å². The van der Waals surface area contributed by atoms with Crippen molar-refractivity contribution in [3.05, 3.63) is 30.6 Å². The molecular weight excluding hydrogens is 164 g/mol. The smallest absolute Gasteiger partial charge is 0.200 e. The monoisotopic (exact) mass is 174 g/mol. The molecule has 2 heterocycles. The van der Waals surface area contributed by atoms with Gasteiger partial charge in [0.05, 0.1) is 5.69 Å². The molecule has 0 radical (unpaired) electrons. The Kier molecular flexibility index (Phi) is 1.73. The van der Waals surface area contributed by atoms with E-state index in [-0.39, 0.29) is 0 Å². The zero-order valence-corrected chi connectivity index (χ0v) is 7.31. The second kappa shape index (κ2) is 2.90. The van der Waals surface area contributed by atoms with Gasteiger partial charge in [0.1, 0.15) is 5.69 Å². The van der Waals surface area contributed by atoms with E-state index < -0.39 is 0 Å². The SMILES string of the molecule is Cn1cc(-c2ccccn2)nc1N. The number of imidazole rings is 1. The first-order valence-electron chi connectivity index (χ1n) is 3.97. The molecule has 0 aromatic carbocycles. The fourth-order valence-electron chi connectivity index (χ4n) is 1.12. The Balaban J connectivity index is 2.48. The number of nitrogen functional groups attached to an aromatic ring is 1. The maximum absolute atomic E-state index is 5.60. The molecule has 0 spiro atoms. The highest BCUT2D eigenvalue weighted by Crippen LogP contribution is 2.15. The van der Waals surface area contributed by atoms with Crippen LogP contribution < -0.4 is 5.73 Å². The molecule has 0 amide bonds. The molecular formula is C9H10N4. The largest absolute Gasteiger partial charge is 0.369 e. The number of aromatic nitrogens is 3. The van der Waals surface area contributed by atoms with E-state index in [0.717, 1.165) is 11.4 Å². The van der Waals surface area contributed by atoms with Crippen LogP contribution in [0.3, 0.4) is 0 Å². The molecule has 4 nitrogen and oxygen atoms in total. The van der Waals surface area contributed by atoms with E-state index in [1.165, 1.54) is 0 Å². The van der Waals surface area contributed by atoms with E-state index in [1.54, 1.807) is 10.8 Å². The Labute approximate surface area is 76.1 Å². The van der Waals surface area contributed by atoms with E-state index in [9.17, 15) is 0 Å². The topological polar surface area (TPSA) is 56.7 Å². The van der Waals surface area contributed by atoms with Crippen molar-refractivity contribution in [1.29, 1.82) is 0 Å². The second-order valence-electron chi connectivity index (χ2n) is 2.81. The summed E-state index contributed by atoms with van der Waals surface area (Å²) in [4.78, 5) is 8.33. The van der Waals surface area contributed by atoms with Crippen LogP contribution in [0.2, 0.25) is 0 Å². The molecule has 2 aromatic rings. The number of hydrogen-bond donors (Lipinski definition) is 1. The quantitative estimate of drug-likeness (QED) is 0.703. The second-order valence-corrected chi connectivity index (χ2v) is 2.81. The van der Waals surface area contributed by atoms with Gasteiger partial charge < -0.3 is 10.3 Å². The average molecular weight is 174 g/mol. The molecule has 0 bridgehead atoms. The summed E-state index contributed by atoms with van der Waals surface area (Å²) in [7, 11) is 1.86. The Morgan fingerprint density at radius 1 is 1.31 bits per heavy atom. The number of aryl methyl sites for hydroxylation is 1. The first kappa shape index (κ1) is 7.79. The van der Waals surface area contributed by atoms with Crippen molar-refractivity contribution in [3.8, 4) is 11.4 Å². The Morgan fingerprint density at radius 2 is 2.15 bits per heavy atom. The van der Waals surface area contributed by atoms with Gasteiger partial charge in [-0.1, -0.05) is 6.07 Å². The standard InChI is InChI=1S/C9H10N4/c1-13-6-8(12-9(13)10)7-4-2-3-5-11-7/h2-6H,1H3,(H2,10,12). The summed E-state index contributed by atoms with van der Waals surface area (Å²) >= 11 is 0. The number of rotatable bonds is 1. The van der Waals surface area contributed by atoms with Crippen molar-refractivity contribution < 1.29 is 0 Å². The lowest BCUT2D eigenvalue weighted by Gasteiger charge is -1.91. The first-order valence-corrected chi connectivity index (χ1v) is 3.97. The van der Waals surface area contributed by atoms with Gasteiger partial charge in [-0.05, 0) is 12.1 Å². The zero-order chi connectivity index (χ0) is 9.26. The highest BCUT2D eigenvalue weighted by molar-refractivity contribution is 5.55. The number of hydrogen-bond acceptors (Lipinski definition) is 3. The molecule has 0 aliphatic heterocycles. The summed E-state index contributed by atoms with van der Waals surface area (Å²) in [5, 5.41) is 0. The predicted molar refractivity (Wildman–Crippen MR) is 50.9 cm³/mol. The van der Waals surface area contributed by atoms with E-state index in [4.69, 9.17) is 5.73 Å². The third kappa shape index (κ3) is 1.38. The van der Waals surface area contributed by atoms with Gasteiger partial charge >= 0.3 is 0 Å². The minimum absolute atomic E-state index is 0.501. The summed E-state index contributed by atoms with van der Waals surface area (Å²) < 4.78 is 1.77. The van der Waals surface area contributed by atoms with Crippen LogP contribution in [-0.4, -0.2) is 14.5 Å². The number of nitrogens with two attached hydrogens (primary N) is 1. The normalized spacial score (nSPS) is 10.2. The van der Waals surface area contributed by atoms with Crippen LogP contribution in [0.4, 0.5) is 5.95 Å². The molecule has 66 valence electrons. The van der Waals surface area contributed by atoms with E-state index in [0.29, 0.717) is 5.95 Å². The van der Waals surface area contributed by atoms with Crippen LogP contribution >= 0.6 is 0 Å². The maximum atomic E-state index is 5.60. The molecule has 0 saturated heterocycles. The van der Waals surface area contributed by atoms with E-state index in [1.807, 2.05) is 31.4 Å². The molecule has 0 saturated carbocycles. The van der Waals surface area contributed by atoms with Gasteiger partial charge in [-0.25, -0.2) is 4.98 Å². The van der Waals surface area contributed by atoms with Crippen LogP contribution in [0.25, 0.3) is 11.4 Å². The van der Waals surface area contributed by atoms with Crippen LogP contribution in [0, 0.1) is 0 Å². The minimum atomic E-state index is 0.501. The van der Waals surface area contributed by atoms with Gasteiger partial charge in [-0.3, -0.25) is 4.98 Å². The minimum Gasteiger partial charge on any atom is -0.369 e. The molecule has 0 aliphatic rings. The maximum Gasteiger partial charge on any atom is 0.200 e. The fourth-order valence-corrected chi connectivity index (χ4v) is 1.12. The lowest BCUT2D eigenvalue weighted by atomic mass is 10.3. The molecule has 2 N–H and O–H groups in total. The van der Waals surface area contributed by atoms with Gasteiger partial charge in [-0.15, -0.1) is 0 Å². The molecule has 0 atom stereocenters. The summed E-state index contributed by atoms with van der Waals surface area (Å²) in [5.74, 6) is 0.501. The van der Waals surface area contributed by atoms with Crippen LogP contribution in [-0.2, 0) is 7.05 Å². The van der Waals surface area contributed by atoms with Gasteiger partial charge in [0.15, 0.2) is 0 Å². The predicted octanol–water partition coefficient (Wildman–Crippen LogP) is 1.06. The zero-order valence-electron chi connectivity index (χ0n) is 7.31. The summed E-state index contributed by atoms with van der Waals surface area (Å²) in [6, 6.07) is 5.70. The van der Waals surface area contributed by atoms with Crippen molar-refractivity contribution in [1.82, 2.24) is 14.5 Å². The Hall–Kier alpha value is -1.84. The first-order chi connectivity index (χ1) is 6.27.